The van der Waals surface area contributed by atoms with Crippen LogP contribution in [0.5, 0.6) is 0 Å². The Morgan fingerprint density at radius 1 is 1.48 bits per heavy atom. The SMILES string of the molecule is CC(C)(C)OC(=O)N1CC(CC(=O)O)(NCc2sccc2Br)C1. The summed E-state index contributed by atoms with van der Waals surface area (Å²) in [7, 11) is 0. The lowest BCUT2D eigenvalue weighted by molar-refractivity contribution is -0.141. The highest BCUT2D eigenvalue weighted by molar-refractivity contribution is 9.10. The first-order valence-corrected chi connectivity index (χ1v) is 8.94. The van der Waals surface area contributed by atoms with Gasteiger partial charge in [0.1, 0.15) is 5.60 Å². The van der Waals surface area contributed by atoms with Crippen molar-refractivity contribution < 1.29 is 19.4 Å². The summed E-state index contributed by atoms with van der Waals surface area (Å²) in [6.07, 6.45) is -0.437. The minimum atomic E-state index is -0.883. The molecule has 0 unspecified atom stereocenters. The molecule has 6 nitrogen and oxygen atoms in total. The first-order chi connectivity index (χ1) is 10.6. The molecular weight excluding hydrogens is 384 g/mol. The van der Waals surface area contributed by atoms with Gasteiger partial charge in [0.15, 0.2) is 0 Å². The molecule has 0 spiro atoms. The number of hydrogen-bond donors (Lipinski definition) is 2. The van der Waals surface area contributed by atoms with Crippen molar-refractivity contribution in [3.63, 3.8) is 0 Å². The maximum atomic E-state index is 12.0. The van der Waals surface area contributed by atoms with Crippen LogP contribution in [0.3, 0.4) is 0 Å². The number of carboxylic acids is 1. The lowest BCUT2D eigenvalue weighted by atomic mass is 9.86. The summed E-state index contributed by atoms with van der Waals surface area (Å²) in [6.45, 7) is 6.65. The van der Waals surface area contributed by atoms with E-state index in [4.69, 9.17) is 9.84 Å². The summed E-state index contributed by atoms with van der Waals surface area (Å²) in [4.78, 5) is 25.8. The molecule has 2 heterocycles. The third-order valence-corrected chi connectivity index (χ3v) is 5.37. The number of nitrogens with zero attached hydrogens (tertiary/aromatic N) is 1. The number of rotatable bonds is 5. The molecule has 1 aromatic rings. The normalized spacial score (nSPS) is 16.8. The maximum absolute atomic E-state index is 12.0. The zero-order valence-electron chi connectivity index (χ0n) is 13.4. The van der Waals surface area contributed by atoms with Gasteiger partial charge in [-0.2, -0.15) is 0 Å². The Labute approximate surface area is 147 Å². The fourth-order valence-electron chi connectivity index (χ4n) is 2.43. The molecule has 0 atom stereocenters. The quantitative estimate of drug-likeness (QED) is 0.787. The Hall–Kier alpha value is -1.12. The number of aliphatic carboxylic acids is 1. The van der Waals surface area contributed by atoms with E-state index in [-0.39, 0.29) is 6.42 Å². The number of ether oxygens (including phenoxy) is 1. The summed E-state index contributed by atoms with van der Waals surface area (Å²) < 4.78 is 6.32. The van der Waals surface area contributed by atoms with E-state index >= 15 is 0 Å². The van der Waals surface area contributed by atoms with Crippen molar-refractivity contribution in [2.45, 2.75) is 44.9 Å². The number of likely N-dealkylation sites (tertiary alicyclic amines) is 1. The molecule has 1 saturated heterocycles. The van der Waals surface area contributed by atoms with E-state index in [0.717, 1.165) is 9.35 Å². The van der Waals surface area contributed by atoms with Gasteiger partial charge in [-0.3, -0.25) is 4.79 Å². The molecule has 1 aliphatic rings. The van der Waals surface area contributed by atoms with Crippen molar-refractivity contribution in [1.82, 2.24) is 10.2 Å². The van der Waals surface area contributed by atoms with E-state index in [2.05, 4.69) is 21.2 Å². The van der Waals surface area contributed by atoms with Crippen LogP contribution < -0.4 is 5.32 Å². The van der Waals surface area contributed by atoms with E-state index < -0.39 is 23.2 Å². The van der Waals surface area contributed by atoms with Gasteiger partial charge >= 0.3 is 12.1 Å². The lowest BCUT2D eigenvalue weighted by Crippen LogP contribution is -2.71. The summed E-state index contributed by atoms with van der Waals surface area (Å²) in [5, 5.41) is 14.4. The lowest BCUT2D eigenvalue weighted by Gasteiger charge is -2.49. The summed E-state index contributed by atoms with van der Waals surface area (Å²) in [5.41, 5.74) is -1.16. The topological polar surface area (TPSA) is 78.9 Å². The highest BCUT2D eigenvalue weighted by Gasteiger charge is 2.47. The Balaban J connectivity index is 1.96. The van der Waals surface area contributed by atoms with Crippen molar-refractivity contribution in [2.75, 3.05) is 13.1 Å². The average molecular weight is 405 g/mol. The third kappa shape index (κ3) is 4.92. The predicted octanol–water partition coefficient (Wildman–Crippen LogP) is 3.06. The predicted molar refractivity (Wildman–Crippen MR) is 91.6 cm³/mol. The van der Waals surface area contributed by atoms with Crippen LogP contribution in [0.2, 0.25) is 0 Å². The molecule has 23 heavy (non-hydrogen) atoms. The van der Waals surface area contributed by atoms with Gasteiger partial charge in [-0.1, -0.05) is 0 Å². The number of carbonyl (C=O) groups excluding carboxylic acids is 1. The van der Waals surface area contributed by atoms with Crippen LogP contribution >= 0.6 is 27.3 Å². The summed E-state index contributed by atoms with van der Waals surface area (Å²) >= 11 is 5.06. The van der Waals surface area contributed by atoms with E-state index in [1.54, 1.807) is 11.3 Å². The van der Waals surface area contributed by atoms with E-state index in [1.807, 2.05) is 32.2 Å². The van der Waals surface area contributed by atoms with Gasteiger partial charge in [0.25, 0.3) is 0 Å². The number of hydrogen-bond acceptors (Lipinski definition) is 5. The molecule has 0 radical (unpaired) electrons. The van der Waals surface area contributed by atoms with Crippen LogP contribution in [-0.4, -0.2) is 46.3 Å². The van der Waals surface area contributed by atoms with Gasteiger partial charge in [0.05, 0.1) is 12.0 Å². The molecule has 1 aromatic heterocycles. The monoisotopic (exact) mass is 404 g/mol. The second-order valence-electron chi connectivity index (χ2n) is 6.73. The molecule has 8 heteroatoms. The molecule has 2 rings (SSSR count). The van der Waals surface area contributed by atoms with Crippen LogP contribution in [-0.2, 0) is 16.1 Å². The number of amides is 1. The van der Waals surface area contributed by atoms with Crippen molar-refractivity contribution in [3.05, 3.63) is 20.8 Å². The van der Waals surface area contributed by atoms with Crippen molar-refractivity contribution >= 4 is 39.3 Å². The first kappa shape index (κ1) is 18.2. The van der Waals surface area contributed by atoms with Gasteiger partial charge in [-0.05, 0) is 48.1 Å². The van der Waals surface area contributed by atoms with Crippen molar-refractivity contribution in [3.8, 4) is 0 Å². The molecule has 0 saturated carbocycles. The molecule has 0 bridgehead atoms. The van der Waals surface area contributed by atoms with E-state index in [1.165, 1.54) is 4.90 Å². The fourth-order valence-corrected chi connectivity index (χ4v) is 3.87. The second-order valence-corrected chi connectivity index (χ2v) is 8.59. The van der Waals surface area contributed by atoms with Crippen molar-refractivity contribution in [2.24, 2.45) is 0 Å². The molecule has 2 N–H and O–H groups in total. The second kappa shape index (κ2) is 6.78. The Morgan fingerprint density at radius 2 is 2.13 bits per heavy atom. The number of halogens is 1. The Bertz CT molecular complexity index is 591. The third-order valence-electron chi connectivity index (χ3n) is 3.44. The summed E-state index contributed by atoms with van der Waals surface area (Å²) in [6, 6.07) is 1.96. The highest BCUT2D eigenvalue weighted by atomic mass is 79.9. The van der Waals surface area contributed by atoms with Gasteiger partial charge in [-0.25, -0.2) is 4.79 Å². The van der Waals surface area contributed by atoms with Crippen LogP contribution in [0.15, 0.2) is 15.9 Å². The average Bonchev–Trinajstić information content (AvgIpc) is 2.74. The van der Waals surface area contributed by atoms with Gasteiger partial charge in [0.2, 0.25) is 0 Å². The van der Waals surface area contributed by atoms with E-state index in [0.29, 0.717) is 19.6 Å². The highest BCUT2D eigenvalue weighted by Crippen LogP contribution is 2.29. The number of carboxylic acid groups (broad SMARTS) is 1. The number of carbonyl (C=O) groups is 2. The van der Waals surface area contributed by atoms with Crippen LogP contribution in [0.25, 0.3) is 0 Å². The van der Waals surface area contributed by atoms with Crippen molar-refractivity contribution in [1.29, 1.82) is 0 Å². The fraction of sp³-hybridized carbons (Fsp3) is 0.600. The molecule has 0 aliphatic carbocycles. The smallest absolute Gasteiger partial charge is 0.410 e. The summed E-state index contributed by atoms with van der Waals surface area (Å²) in [5.74, 6) is -0.883. The Morgan fingerprint density at radius 3 is 2.61 bits per heavy atom. The Kier molecular flexibility index (Phi) is 5.37. The molecule has 128 valence electrons. The van der Waals surface area contributed by atoms with Gasteiger partial charge in [-0.15, -0.1) is 11.3 Å². The molecular formula is C15H21BrN2O4S. The van der Waals surface area contributed by atoms with Crippen LogP contribution in [0, 0.1) is 0 Å². The molecule has 1 fully saturated rings. The van der Waals surface area contributed by atoms with Gasteiger partial charge < -0.3 is 20.1 Å². The van der Waals surface area contributed by atoms with Gasteiger partial charge in [0, 0.05) is 29.0 Å². The zero-order valence-corrected chi connectivity index (χ0v) is 15.8. The van der Waals surface area contributed by atoms with E-state index in [9.17, 15) is 9.59 Å². The maximum Gasteiger partial charge on any atom is 0.410 e. The largest absolute Gasteiger partial charge is 0.481 e. The number of nitrogens with one attached hydrogen (secondary N) is 1. The zero-order chi connectivity index (χ0) is 17.3. The van der Waals surface area contributed by atoms with Crippen LogP contribution in [0.4, 0.5) is 4.79 Å². The molecule has 1 aliphatic heterocycles. The first-order valence-electron chi connectivity index (χ1n) is 7.27. The number of thiophene rings is 1. The minimum absolute atomic E-state index is 0.0324. The standard InChI is InChI=1S/C15H21BrN2O4S/c1-14(2,3)22-13(21)18-8-15(9-18,6-12(19)20)17-7-11-10(16)4-5-23-11/h4-5,17H,6-9H2,1-3H3,(H,19,20). The molecule has 0 aromatic carbocycles. The minimum Gasteiger partial charge on any atom is -0.481 e. The van der Waals surface area contributed by atoms with Crippen LogP contribution in [0.1, 0.15) is 32.1 Å². The molecule has 1 amide bonds.